The molecule has 1 saturated heterocycles. The van der Waals surface area contributed by atoms with Gasteiger partial charge in [0.2, 0.25) is 0 Å². The number of cyclic esters (lactones) is 1. The minimum absolute atomic E-state index is 0.120. The molecule has 2 fully saturated rings. The maximum atomic E-state index is 11.6. The standard InChI is InChI=1S/C14H15N3O2S2/c18-13-11(5-6-19-13)21-14-16-15-12(17(14)9-3-4-9)8-10-2-1-7-20-10/h1-2,7,9,11H,3-6,8H2/t11-/m1/s1. The molecule has 1 atom stereocenters. The van der Waals surface area contributed by atoms with Gasteiger partial charge in [0.1, 0.15) is 11.1 Å². The first kappa shape index (κ1) is 13.3. The van der Waals surface area contributed by atoms with Crippen LogP contribution in [0.4, 0.5) is 0 Å². The van der Waals surface area contributed by atoms with Crippen LogP contribution in [0.3, 0.4) is 0 Å². The first-order valence-electron chi connectivity index (χ1n) is 7.11. The van der Waals surface area contributed by atoms with Gasteiger partial charge in [0.05, 0.1) is 6.61 Å². The summed E-state index contributed by atoms with van der Waals surface area (Å²) in [6.45, 7) is 0.524. The second-order valence-electron chi connectivity index (χ2n) is 5.32. The molecule has 110 valence electrons. The largest absolute Gasteiger partial charge is 0.465 e. The fraction of sp³-hybridized carbons (Fsp3) is 0.500. The Morgan fingerprint density at radius 2 is 2.29 bits per heavy atom. The zero-order valence-electron chi connectivity index (χ0n) is 11.4. The first-order chi connectivity index (χ1) is 10.3. The lowest BCUT2D eigenvalue weighted by Crippen LogP contribution is -2.12. The van der Waals surface area contributed by atoms with E-state index in [-0.39, 0.29) is 11.2 Å². The summed E-state index contributed by atoms with van der Waals surface area (Å²) < 4.78 is 7.26. The molecule has 0 spiro atoms. The monoisotopic (exact) mass is 321 g/mol. The number of hydrogen-bond acceptors (Lipinski definition) is 6. The molecule has 21 heavy (non-hydrogen) atoms. The van der Waals surface area contributed by atoms with E-state index in [1.54, 1.807) is 11.3 Å². The van der Waals surface area contributed by atoms with Gasteiger partial charge in [-0.2, -0.15) is 0 Å². The van der Waals surface area contributed by atoms with E-state index in [0.717, 1.165) is 23.8 Å². The Morgan fingerprint density at radius 1 is 1.38 bits per heavy atom. The van der Waals surface area contributed by atoms with Crippen LogP contribution in [-0.2, 0) is 16.0 Å². The van der Waals surface area contributed by atoms with E-state index in [4.69, 9.17) is 4.74 Å². The molecule has 1 aliphatic carbocycles. The summed E-state index contributed by atoms with van der Waals surface area (Å²) in [5.41, 5.74) is 0. The second-order valence-corrected chi connectivity index (χ2v) is 7.52. The molecule has 4 rings (SSSR count). The summed E-state index contributed by atoms with van der Waals surface area (Å²) in [6, 6.07) is 4.69. The van der Waals surface area contributed by atoms with Crippen molar-refractivity contribution in [3.63, 3.8) is 0 Å². The quantitative estimate of drug-likeness (QED) is 0.793. The minimum Gasteiger partial charge on any atom is -0.465 e. The summed E-state index contributed by atoms with van der Waals surface area (Å²) in [5.74, 6) is 0.888. The van der Waals surface area contributed by atoms with Crippen molar-refractivity contribution in [2.24, 2.45) is 0 Å². The fourth-order valence-corrected chi connectivity index (χ4v) is 4.28. The molecule has 1 aliphatic heterocycles. The topological polar surface area (TPSA) is 57.0 Å². The Bertz CT molecular complexity index is 649. The number of carbonyl (C=O) groups excluding carboxylic acids is 1. The Balaban J connectivity index is 1.59. The highest BCUT2D eigenvalue weighted by Gasteiger charge is 2.34. The highest BCUT2D eigenvalue weighted by Crippen LogP contribution is 2.40. The van der Waals surface area contributed by atoms with Gasteiger partial charge in [0.25, 0.3) is 0 Å². The lowest BCUT2D eigenvalue weighted by atomic mass is 10.3. The maximum absolute atomic E-state index is 11.6. The smallest absolute Gasteiger partial charge is 0.319 e. The molecule has 7 heteroatoms. The van der Waals surface area contributed by atoms with Gasteiger partial charge in [-0.05, 0) is 24.3 Å². The van der Waals surface area contributed by atoms with Crippen LogP contribution in [0.1, 0.15) is 36.0 Å². The molecular weight excluding hydrogens is 306 g/mol. The fourth-order valence-electron chi connectivity index (χ4n) is 2.49. The summed E-state index contributed by atoms with van der Waals surface area (Å²) >= 11 is 3.25. The van der Waals surface area contributed by atoms with E-state index in [0.29, 0.717) is 12.6 Å². The third-order valence-corrected chi connectivity index (χ3v) is 5.77. The van der Waals surface area contributed by atoms with E-state index in [2.05, 4.69) is 32.3 Å². The van der Waals surface area contributed by atoms with Crippen molar-refractivity contribution >= 4 is 29.1 Å². The van der Waals surface area contributed by atoms with Crippen LogP contribution in [0.15, 0.2) is 22.7 Å². The van der Waals surface area contributed by atoms with Crippen molar-refractivity contribution in [1.82, 2.24) is 14.8 Å². The number of carbonyl (C=O) groups is 1. The van der Waals surface area contributed by atoms with Crippen LogP contribution < -0.4 is 0 Å². The molecule has 0 radical (unpaired) electrons. The minimum atomic E-state index is -0.124. The van der Waals surface area contributed by atoms with Crippen molar-refractivity contribution in [1.29, 1.82) is 0 Å². The molecule has 0 amide bonds. The van der Waals surface area contributed by atoms with Crippen molar-refractivity contribution in [3.8, 4) is 0 Å². The number of thiophene rings is 1. The van der Waals surface area contributed by atoms with Crippen LogP contribution >= 0.6 is 23.1 Å². The second kappa shape index (κ2) is 5.46. The van der Waals surface area contributed by atoms with E-state index >= 15 is 0 Å². The van der Waals surface area contributed by atoms with Crippen molar-refractivity contribution < 1.29 is 9.53 Å². The van der Waals surface area contributed by atoms with Gasteiger partial charge >= 0.3 is 5.97 Å². The molecule has 0 aromatic carbocycles. The van der Waals surface area contributed by atoms with Crippen LogP contribution in [0, 0.1) is 0 Å². The number of nitrogens with zero attached hydrogens (tertiary/aromatic N) is 3. The Labute approximate surface area is 130 Å². The number of thioether (sulfide) groups is 1. The third-order valence-electron chi connectivity index (χ3n) is 3.69. The van der Waals surface area contributed by atoms with E-state index < -0.39 is 0 Å². The molecule has 0 bridgehead atoms. The average Bonchev–Trinajstić information content (AvgIpc) is 2.87. The first-order valence-corrected chi connectivity index (χ1v) is 8.86. The molecule has 2 aliphatic rings. The highest BCUT2D eigenvalue weighted by molar-refractivity contribution is 8.00. The van der Waals surface area contributed by atoms with Crippen molar-refractivity contribution in [3.05, 3.63) is 28.2 Å². The van der Waals surface area contributed by atoms with Gasteiger partial charge in [-0.25, -0.2) is 0 Å². The number of aromatic nitrogens is 3. The van der Waals surface area contributed by atoms with Gasteiger partial charge in [-0.1, -0.05) is 17.8 Å². The Morgan fingerprint density at radius 3 is 2.95 bits per heavy atom. The SMILES string of the molecule is O=C1OCC[C@H]1Sc1nnc(Cc2cccs2)n1C1CC1. The van der Waals surface area contributed by atoms with Crippen LogP contribution in [0.25, 0.3) is 0 Å². The van der Waals surface area contributed by atoms with Gasteiger partial charge in [0.15, 0.2) is 5.16 Å². The lowest BCUT2D eigenvalue weighted by Gasteiger charge is -2.09. The van der Waals surface area contributed by atoms with Crippen LogP contribution in [-0.4, -0.2) is 32.6 Å². The molecule has 5 nitrogen and oxygen atoms in total. The molecular formula is C14H15N3O2S2. The summed E-state index contributed by atoms with van der Waals surface area (Å²) in [5, 5.41) is 11.5. The molecule has 2 aromatic heterocycles. The normalized spacial score (nSPS) is 21.7. The predicted octanol–water partition coefficient (Wildman–Crippen LogP) is 2.67. The third kappa shape index (κ3) is 2.72. The molecule has 1 saturated carbocycles. The average molecular weight is 321 g/mol. The van der Waals surface area contributed by atoms with E-state index in [1.165, 1.54) is 29.5 Å². The molecule has 3 heterocycles. The summed E-state index contributed by atoms with van der Waals surface area (Å²) in [7, 11) is 0. The van der Waals surface area contributed by atoms with Crippen molar-refractivity contribution in [2.75, 3.05) is 6.61 Å². The Kier molecular flexibility index (Phi) is 3.46. The van der Waals surface area contributed by atoms with Crippen molar-refractivity contribution in [2.45, 2.75) is 42.1 Å². The van der Waals surface area contributed by atoms with Gasteiger partial charge in [-0.3, -0.25) is 4.79 Å². The van der Waals surface area contributed by atoms with Gasteiger partial charge in [0, 0.05) is 23.8 Å². The van der Waals surface area contributed by atoms with Gasteiger partial charge in [-0.15, -0.1) is 21.5 Å². The lowest BCUT2D eigenvalue weighted by molar-refractivity contribution is -0.137. The number of hydrogen-bond donors (Lipinski definition) is 0. The van der Waals surface area contributed by atoms with Gasteiger partial charge < -0.3 is 9.30 Å². The van der Waals surface area contributed by atoms with E-state index in [9.17, 15) is 4.79 Å². The van der Waals surface area contributed by atoms with Crippen LogP contribution in [0.2, 0.25) is 0 Å². The molecule has 0 N–H and O–H groups in total. The zero-order chi connectivity index (χ0) is 14.2. The maximum Gasteiger partial charge on any atom is 0.319 e. The molecule has 0 unspecified atom stereocenters. The number of esters is 1. The van der Waals surface area contributed by atoms with Crippen LogP contribution in [0.5, 0.6) is 0 Å². The predicted molar refractivity (Wildman–Crippen MR) is 80.6 cm³/mol. The molecule has 2 aromatic rings. The van der Waals surface area contributed by atoms with E-state index in [1.807, 2.05) is 0 Å². The summed E-state index contributed by atoms with van der Waals surface area (Å²) in [4.78, 5) is 12.9. The summed E-state index contributed by atoms with van der Waals surface area (Å²) in [6.07, 6.45) is 3.94. The highest BCUT2D eigenvalue weighted by atomic mass is 32.2. The Hall–Kier alpha value is -1.34. The number of ether oxygens (including phenoxy) is 1. The number of rotatable bonds is 5. The zero-order valence-corrected chi connectivity index (χ0v) is 13.0.